The van der Waals surface area contributed by atoms with Gasteiger partial charge in [-0.1, -0.05) is 0 Å². The molecule has 0 aromatic rings. The zero-order valence-electron chi connectivity index (χ0n) is 9.05. The fourth-order valence-electron chi connectivity index (χ4n) is 1.53. The molecule has 0 radical (unpaired) electrons. The van der Waals surface area contributed by atoms with Crippen LogP contribution in [0, 0.1) is 0 Å². The lowest BCUT2D eigenvalue weighted by Gasteiger charge is -2.26. The normalized spacial score (nSPS) is 24.2. The fraction of sp³-hybridized carbons (Fsp3) is 0.900. The molecule has 0 aromatic heterocycles. The molecule has 1 fully saturated rings. The number of carbonyl (C=O) groups is 1. The minimum absolute atomic E-state index is 0.145. The Kier molecular flexibility index (Phi) is 2.96. The summed E-state index contributed by atoms with van der Waals surface area (Å²) in [5.41, 5.74) is 0.145. The molecular weight excluding hydrogens is 164 g/mol. The molecular formula is C10H20N2O. The Morgan fingerprint density at radius 1 is 1.54 bits per heavy atom. The quantitative estimate of drug-likeness (QED) is 0.694. The SMILES string of the molecule is CN1C(=O)CCC1CNC(C)(C)C. The summed E-state index contributed by atoms with van der Waals surface area (Å²) >= 11 is 0. The van der Waals surface area contributed by atoms with Gasteiger partial charge in [0.2, 0.25) is 5.91 Å². The lowest BCUT2D eigenvalue weighted by atomic mass is 10.1. The van der Waals surface area contributed by atoms with Crippen molar-refractivity contribution in [3.05, 3.63) is 0 Å². The van der Waals surface area contributed by atoms with Crippen molar-refractivity contribution in [2.24, 2.45) is 0 Å². The van der Waals surface area contributed by atoms with Crippen LogP contribution in [0.25, 0.3) is 0 Å². The first-order valence-electron chi connectivity index (χ1n) is 4.91. The van der Waals surface area contributed by atoms with E-state index in [0.29, 0.717) is 12.5 Å². The molecule has 76 valence electrons. The van der Waals surface area contributed by atoms with Crippen LogP contribution in [0.2, 0.25) is 0 Å². The molecule has 1 aliphatic heterocycles. The number of carbonyl (C=O) groups excluding carboxylic acids is 1. The van der Waals surface area contributed by atoms with Crippen LogP contribution in [0.5, 0.6) is 0 Å². The zero-order chi connectivity index (χ0) is 10.1. The topological polar surface area (TPSA) is 32.3 Å². The van der Waals surface area contributed by atoms with E-state index in [-0.39, 0.29) is 11.4 Å². The number of nitrogens with one attached hydrogen (secondary N) is 1. The average Bonchev–Trinajstić information content (AvgIpc) is 2.29. The van der Waals surface area contributed by atoms with Gasteiger partial charge in [-0.05, 0) is 27.2 Å². The van der Waals surface area contributed by atoms with Gasteiger partial charge >= 0.3 is 0 Å². The van der Waals surface area contributed by atoms with Crippen LogP contribution in [-0.2, 0) is 4.79 Å². The van der Waals surface area contributed by atoms with Gasteiger partial charge in [0.15, 0.2) is 0 Å². The van der Waals surface area contributed by atoms with Crippen LogP contribution >= 0.6 is 0 Å². The van der Waals surface area contributed by atoms with Gasteiger partial charge in [-0.25, -0.2) is 0 Å². The highest BCUT2D eigenvalue weighted by atomic mass is 16.2. The lowest BCUT2D eigenvalue weighted by Crippen LogP contribution is -2.44. The van der Waals surface area contributed by atoms with E-state index in [1.165, 1.54) is 0 Å². The first-order chi connectivity index (χ1) is 5.90. The van der Waals surface area contributed by atoms with Crippen LogP contribution in [0.15, 0.2) is 0 Å². The third-order valence-electron chi connectivity index (χ3n) is 2.50. The van der Waals surface area contributed by atoms with Gasteiger partial charge in [0.1, 0.15) is 0 Å². The van der Waals surface area contributed by atoms with E-state index in [4.69, 9.17) is 0 Å². The summed E-state index contributed by atoms with van der Waals surface area (Å²) < 4.78 is 0. The van der Waals surface area contributed by atoms with Crippen LogP contribution in [0.4, 0.5) is 0 Å². The molecule has 0 spiro atoms. The van der Waals surface area contributed by atoms with Gasteiger partial charge in [0, 0.05) is 31.6 Å². The number of amides is 1. The van der Waals surface area contributed by atoms with Crippen molar-refractivity contribution in [1.82, 2.24) is 10.2 Å². The first kappa shape index (κ1) is 10.5. The van der Waals surface area contributed by atoms with Crippen LogP contribution in [0.3, 0.4) is 0 Å². The van der Waals surface area contributed by atoms with E-state index in [1.54, 1.807) is 0 Å². The lowest BCUT2D eigenvalue weighted by molar-refractivity contribution is -0.127. The summed E-state index contributed by atoms with van der Waals surface area (Å²) in [6, 6.07) is 0.395. The monoisotopic (exact) mass is 184 g/mol. The van der Waals surface area contributed by atoms with Crippen LogP contribution in [-0.4, -0.2) is 36.0 Å². The van der Waals surface area contributed by atoms with E-state index < -0.39 is 0 Å². The zero-order valence-corrected chi connectivity index (χ0v) is 9.05. The van der Waals surface area contributed by atoms with Crippen LogP contribution < -0.4 is 5.32 Å². The largest absolute Gasteiger partial charge is 0.341 e. The summed E-state index contributed by atoms with van der Waals surface area (Å²) in [5, 5.41) is 3.42. The minimum Gasteiger partial charge on any atom is -0.341 e. The van der Waals surface area contributed by atoms with Gasteiger partial charge in [-0.15, -0.1) is 0 Å². The van der Waals surface area contributed by atoms with E-state index in [2.05, 4.69) is 26.1 Å². The van der Waals surface area contributed by atoms with Crippen LogP contribution in [0.1, 0.15) is 33.6 Å². The van der Waals surface area contributed by atoms with E-state index >= 15 is 0 Å². The van der Waals surface area contributed by atoms with Crippen molar-refractivity contribution < 1.29 is 4.79 Å². The Bertz CT molecular complexity index is 196. The smallest absolute Gasteiger partial charge is 0.222 e. The van der Waals surface area contributed by atoms with Gasteiger partial charge in [0.05, 0.1) is 0 Å². The van der Waals surface area contributed by atoms with Gasteiger partial charge in [-0.2, -0.15) is 0 Å². The molecule has 1 atom stereocenters. The molecule has 1 heterocycles. The fourth-order valence-corrected chi connectivity index (χ4v) is 1.53. The Balaban J connectivity index is 2.35. The molecule has 0 saturated carbocycles. The highest BCUT2D eigenvalue weighted by Gasteiger charge is 2.27. The predicted molar refractivity (Wildman–Crippen MR) is 53.5 cm³/mol. The van der Waals surface area contributed by atoms with Crippen molar-refractivity contribution in [3.63, 3.8) is 0 Å². The van der Waals surface area contributed by atoms with Gasteiger partial charge in [0.25, 0.3) is 0 Å². The molecule has 1 aliphatic rings. The molecule has 13 heavy (non-hydrogen) atoms. The molecule has 3 nitrogen and oxygen atoms in total. The third kappa shape index (κ3) is 2.99. The number of likely N-dealkylation sites (N-methyl/N-ethyl adjacent to an activating group) is 1. The number of hydrogen-bond donors (Lipinski definition) is 1. The maximum absolute atomic E-state index is 11.2. The van der Waals surface area contributed by atoms with Gasteiger partial charge in [-0.3, -0.25) is 4.79 Å². The Labute approximate surface area is 80.5 Å². The second-order valence-corrected chi connectivity index (χ2v) is 4.83. The minimum atomic E-state index is 0.145. The number of likely N-dealkylation sites (tertiary alicyclic amines) is 1. The first-order valence-corrected chi connectivity index (χ1v) is 4.91. The molecule has 1 amide bonds. The maximum atomic E-state index is 11.2. The Morgan fingerprint density at radius 2 is 2.15 bits per heavy atom. The summed E-state index contributed by atoms with van der Waals surface area (Å²) in [4.78, 5) is 13.1. The molecule has 1 unspecified atom stereocenters. The highest BCUT2D eigenvalue weighted by molar-refractivity contribution is 5.78. The highest BCUT2D eigenvalue weighted by Crippen LogP contribution is 2.16. The van der Waals surface area contributed by atoms with Crippen molar-refractivity contribution >= 4 is 5.91 Å². The molecule has 0 aliphatic carbocycles. The molecule has 0 aromatic carbocycles. The van der Waals surface area contributed by atoms with Gasteiger partial charge < -0.3 is 10.2 Å². The second-order valence-electron chi connectivity index (χ2n) is 4.83. The third-order valence-corrected chi connectivity index (χ3v) is 2.50. The average molecular weight is 184 g/mol. The second kappa shape index (κ2) is 3.66. The number of nitrogens with zero attached hydrogens (tertiary/aromatic N) is 1. The molecule has 3 heteroatoms. The van der Waals surface area contributed by atoms with Crippen molar-refractivity contribution in [1.29, 1.82) is 0 Å². The molecule has 1 saturated heterocycles. The Morgan fingerprint density at radius 3 is 2.54 bits per heavy atom. The van der Waals surface area contributed by atoms with E-state index in [1.807, 2.05) is 11.9 Å². The van der Waals surface area contributed by atoms with E-state index in [9.17, 15) is 4.79 Å². The van der Waals surface area contributed by atoms with Crippen molar-refractivity contribution in [2.75, 3.05) is 13.6 Å². The standard InChI is InChI=1S/C10H20N2O/c1-10(2,3)11-7-8-5-6-9(13)12(8)4/h8,11H,5-7H2,1-4H3. The maximum Gasteiger partial charge on any atom is 0.222 e. The van der Waals surface area contributed by atoms with E-state index in [0.717, 1.165) is 13.0 Å². The summed E-state index contributed by atoms with van der Waals surface area (Å²) in [6.07, 6.45) is 1.71. The van der Waals surface area contributed by atoms with Crippen molar-refractivity contribution in [3.8, 4) is 0 Å². The molecule has 1 N–H and O–H groups in total. The Hall–Kier alpha value is -0.570. The molecule has 1 rings (SSSR count). The van der Waals surface area contributed by atoms with Crippen molar-refractivity contribution in [2.45, 2.75) is 45.2 Å². The predicted octanol–water partition coefficient (Wildman–Crippen LogP) is 0.995. The number of hydrogen-bond acceptors (Lipinski definition) is 2. The summed E-state index contributed by atoms with van der Waals surface area (Å²) in [5.74, 6) is 0.278. The summed E-state index contributed by atoms with van der Waals surface area (Å²) in [6.45, 7) is 7.34. The number of rotatable bonds is 2. The molecule has 0 bridgehead atoms. The summed E-state index contributed by atoms with van der Waals surface area (Å²) in [7, 11) is 1.89.